The minimum absolute atomic E-state index is 0.117. The van der Waals surface area contributed by atoms with Gasteiger partial charge in [0.2, 0.25) is 0 Å². The van der Waals surface area contributed by atoms with Crippen LogP contribution >= 0.6 is 0 Å². The summed E-state index contributed by atoms with van der Waals surface area (Å²) in [7, 11) is 0. The predicted molar refractivity (Wildman–Crippen MR) is 90.6 cm³/mol. The molecule has 2 aromatic rings. The number of pyridine rings is 1. The van der Waals surface area contributed by atoms with E-state index in [-0.39, 0.29) is 11.6 Å². The van der Waals surface area contributed by atoms with Gasteiger partial charge in [-0.2, -0.15) is 5.26 Å². The van der Waals surface area contributed by atoms with E-state index >= 15 is 0 Å². The first-order valence-corrected chi connectivity index (χ1v) is 7.70. The average Bonchev–Trinajstić information content (AvgIpc) is 2.62. The standard InChI is InChI=1S/C18H18N4O2/c1-2-3-9-21-17(23)13-8-10-20-16(11-13)18(24)22-15-7-5-4-6-14(15)12-19/h4-8,10-11H,2-3,9H2,1H3,(H,21,23)(H,22,24). The van der Waals surface area contributed by atoms with Gasteiger partial charge in [-0.15, -0.1) is 0 Å². The van der Waals surface area contributed by atoms with E-state index < -0.39 is 5.91 Å². The maximum absolute atomic E-state index is 12.3. The number of rotatable bonds is 6. The Morgan fingerprint density at radius 2 is 2.00 bits per heavy atom. The van der Waals surface area contributed by atoms with Crippen LogP contribution < -0.4 is 10.6 Å². The van der Waals surface area contributed by atoms with Crippen LogP contribution in [0.5, 0.6) is 0 Å². The second-order valence-electron chi connectivity index (χ2n) is 5.15. The van der Waals surface area contributed by atoms with Crippen molar-refractivity contribution in [1.82, 2.24) is 10.3 Å². The first-order chi connectivity index (χ1) is 11.7. The monoisotopic (exact) mass is 322 g/mol. The van der Waals surface area contributed by atoms with Crippen molar-refractivity contribution < 1.29 is 9.59 Å². The molecular formula is C18H18N4O2. The number of nitriles is 1. The molecule has 2 N–H and O–H groups in total. The third-order valence-electron chi connectivity index (χ3n) is 3.37. The molecule has 0 unspecified atom stereocenters. The number of unbranched alkanes of at least 4 members (excludes halogenated alkanes) is 1. The molecule has 0 saturated heterocycles. The molecule has 24 heavy (non-hydrogen) atoms. The van der Waals surface area contributed by atoms with Crippen LogP contribution in [0.2, 0.25) is 0 Å². The second kappa shape index (κ2) is 8.44. The lowest BCUT2D eigenvalue weighted by Crippen LogP contribution is -2.25. The fourth-order valence-electron chi connectivity index (χ4n) is 2.05. The molecule has 0 spiro atoms. The van der Waals surface area contributed by atoms with Crippen molar-refractivity contribution in [2.75, 3.05) is 11.9 Å². The molecule has 6 nitrogen and oxygen atoms in total. The Kier molecular flexibility index (Phi) is 6.03. The topological polar surface area (TPSA) is 94.9 Å². The Labute approximate surface area is 140 Å². The molecule has 0 aliphatic heterocycles. The van der Waals surface area contributed by atoms with Crippen LogP contribution in [0.15, 0.2) is 42.6 Å². The van der Waals surface area contributed by atoms with Gasteiger partial charge in [0.1, 0.15) is 11.8 Å². The lowest BCUT2D eigenvalue weighted by molar-refractivity contribution is 0.0953. The number of para-hydroxylation sites is 1. The van der Waals surface area contributed by atoms with E-state index in [0.29, 0.717) is 23.4 Å². The summed E-state index contributed by atoms with van der Waals surface area (Å²) >= 11 is 0. The Balaban J connectivity index is 2.12. The number of hydrogen-bond acceptors (Lipinski definition) is 4. The number of nitrogens with one attached hydrogen (secondary N) is 2. The van der Waals surface area contributed by atoms with Gasteiger partial charge in [-0.3, -0.25) is 14.6 Å². The number of aromatic nitrogens is 1. The van der Waals surface area contributed by atoms with Crippen LogP contribution in [0.25, 0.3) is 0 Å². The predicted octanol–water partition coefficient (Wildman–Crippen LogP) is 2.74. The Bertz CT molecular complexity index is 781. The van der Waals surface area contributed by atoms with Crippen molar-refractivity contribution in [2.45, 2.75) is 19.8 Å². The minimum Gasteiger partial charge on any atom is -0.352 e. The summed E-state index contributed by atoms with van der Waals surface area (Å²) < 4.78 is 0. The van der Waals surface area contributed by atoms with E-state index in [4.69, 9.17) is 5.26 Å². The van der Waals surface area contributed by atoms with E-state index in [1.807, 2.05) is 13.0 Å². The molecule has 1 aromatic carbocycles. The van der Waals surface area contributed by atoms with Crippen molar-refractivity contribution in [3.63, 3.8) is 0 Å². The summed E-state index contributed by atoms with van der Waals surface area (Å²) in [5.41, 5.74) is 1.26. The molecule has 0 atom stereocenters. The van der Waals surface area contributed by atoms with Gasteiger partial charge < -0.3 is 10.6 Å². The second-order valence-corrected chi connectivity index (χ2v) is 5.15. The highest BCUT2D eigenvalue weighted by Crippen LogP contribution is 2.14. The molecule has 1 aromatic heterocycles. The third kappa shape index (κ3) is 4.40. The molecule has 0 bridgehead atoms. The maximum atomic E-state index is 12.3. The molecule has 122 valence electrons. The summed E-state index contributed by atoms with van der Waals surface area (Å²) in [6.07, 6.45) is 3.30. The van der Waals surface area contributed by atoms with Crippen molar-refractivity contribution in [2.24, 2.45) is 0 Å². The molecule has 0 radical (unpaired) electrons. The third-order valence-corrected chi connectivity index (χ3v) is 3.37. The van der Waals surface area contributed by atoms with Crippen LogP contribution in [-0.4, -0.2) is 23.3 Å². The SMILES string of the molecule is CCCCNC(=O)c1ccnc(C(=O)Nc2ccccc2C#N)c1. The van der Waals surface area contributed by atoms with Gasteiger partial charge in [-0.05, 0) is 30.7 Å². The summed E-state index contributed by atoms with van der Waals surface area (Å²) in [5.74, 6) is -0.710. The van der Waals surface area contributed by atoms with E-state index in [2.05, 4.69) is 15.6 Å². The highest BCUT2D eigenvalue weighted by molar-refractivity contribution is 6.05. The van der Waals surface area contributed by atoms with Gasteiger partial charge in [0, 0.05) is 18.3 Å². The molecule has 6 heteroatoms. The van der Waals surface area contributed by atoms with E-state index in [0.717, 1.165) is 12.8 Å². The van der Waals surface area contributed by atoms with E-state index in [9.17, 15) is 9.59 Å². The number of amides is 2. The number of benzene rings is 1. The summed E-state index contributed by atoms with van der Waals surface area (Å²) in [6.45, 7) is 2.63. The molecule has 2 amide bonds. The van der Waals surface area contributed by atoms with E-state index in [1.165, 1.54) is 12.3 Å². The molecule has 0 saturated carbocycles. The smallest absolute Gasteiger partial charge is 0.274 e. The van der Waals surface area contributed by atoms with Gasteiger partial charge in [0.25, 0.3) is 11.8 Å². The number of nitrogens with zero attached hydrogens (tertiary/aromatic N) is 2. The van der Waals surface area contributed by atoms with Crippen LogP contribution in [0.1, 0.15) is 46.2 Å². The van der Waals surface area contributed by atoms with Crippen molar-refractivity contribution in [3.8, 4) is 6.07 Å². The number of anilines is 1. The summed E-state index contributed by atoms with van der Waals surface area (Å²) in [6, 6.07) is 11.7. The number of carbonyl (C=O) groups excluding carboxylic acids is 2. The van der Waals surface area contributed by atoms with Crippen molar-refractivity contribution in [1.29, 1.82) is 5.26 Å². The lowest BCUT2D eigenvalue weighted by Gasteiger charge is -2.08. The fourth-order valence-corrected chi connectivity index (χ4v) is 2.05. The maximum Gasteiger partial charge on any atom is 0.274 e. The average molecular weight is 322 g/mol. The Hall–Kier alpha value is -3.20. The molecule has 0 aliphatic carbocycles. The van der Waals surface area contributed by atoms with Crippen molar-refractivity contribution >= 4 is 17.5 Å². The summed E-state index contributed by atoms with van der Waals surface area (Å²) in [5, 5.41) is 14.5. The number of hydrogen-bond donors (Lipinski definition) is 2. The normalized spacial score (nSPS) is 9.83. The molecule has 0 aliphatic rings. The molecular weight excluding hydrogens is 304 g/mol. The minimum atomic E-state index is -0.471. The lowest BCUT2D eigenvalue weighted by atomic mass is 10.1. The first kappa shape index (κ1) is 17.2. The summed E-state index contributed by atoms with van der Waals surface area (Å²) in [4.78, 5) is 28.3. The molecule has 0 fully saturated rings. The fraction of sp³-hybridized carbons (Fsp3) is 0.222. The molecule has 1 heterocycles. The quantitative estimate of drug-likeness (QED) is 0.799. The van der Waals surface area contributed by atoms with Gasteiger partial charge >= 0.3 is 0 Å². The largest absolute Gasteiger partial charge is 0.352 e. The van der Waals surface area contributed by atoms with Crippen LogP contribution in [0.3, 0.4) is 0 Å². The number of carbonyl (C=O) groups is 2. The molecule has 2 rings (SSSR count). The zero-order chi connectivity index (χ0) is 17.4. The first-order valence-electron chi connectivity index (χ1n) is 7.70. The zero-order valence-electron chi connectivity index (χ0n) is 13.4. The Morgan fingerprint density at radius 1 is 1.21 bits per heavy atom. The van der Waals surface area contributed by atoms with Gasteiger partial charge in [-0.1, -0.05) is 25.5 Å². The highest BCUT2D eigenvalue weighted by Gasteiger charge is 2.13. The van der Waals surface area contributed by atoms with Gasteiger partial charge in [0.15, 0.2) is 0 Å². The van der Waals surface area contributed by atoms with Gasteiger partial charge in [-0.25, -0.2) is 0 Å². The van der Waals surface area contributed by atoms with Gasteiger partial charge in [0.05, 0.1) is 11.3 Å². The van der Waals surface area contributed by atoms with Crippen LogP contribution in [-0.2, 0) is 0 Å². The van der Waals surface area contributed by atoms with E-state index in [1.54, 1.807) is 30.3 Å². The van der Waals surface area contributed by atoms with Crippen molar-refractivity contribution in [3.05, 3.63) is 59.4 Å². The van der Waals surface area contributed by atoms with Crippen LogP contribution in [0.4, 0.5) is 5.69 Å². The highest BCUT2D eigenvalue weighted by atomic mass is 16.2. The Morgan fingerprint density at radius 3 is 2.75 bits per heavy atom. The van der Waals surface area contributed by atoms with Crippen LogP contribution in [0, 0.1) is 11.3 Å². The zero-order valence-corrected chi connectivity index (χ0v) is 13.4.